The number of fused-ring (bicyclic) bond motifs is 1. The summed E-state index contributed by atoms with van der Waals surface area (Å²) in [5.41, 5.74) is 3.37. The number of benzene rings is 1. The van der Waals surface area contributed by atoms with E-state index in [1.54, 1.807) is 18.2 Å². The first-order valence-electron chi connectivity index (χ1n) is 8.67. The topological polar surface area (TPSA) is 71.1 Å². The normalized spacial score (nSPS) is 12.2. The van der Waals surface area contributed by atoms with E-state index in [4.69, 9.17) is 4.74 Å². The molecule has 6 heteroatoms. The van der Waals surface area contributed by atoms with Crippen molar-refractivity contribution in [2.24, 2.45) is 5.92 Å². The smallest absolute Gasteiger partial charge is 0.255 e. The standard InChI is InChI=1S/C20H24N4O2/c1-13(9-15-5-7-17(26-4)8-6-15)12-24(3)20(25)16-10-18-14(2)22-23-19(18)21-11-16/h5-8,10-11,13H,9,12H2,1-4H3,(H,21,22,23). The molecule has 0 radical (unpaired) electrons. The molecule has 0 aliphatic heterocycles. The maximum absolute atomic E-state index is 12.7. The number of hydrogen-bond donors (Lipinski definition) is 1. The van der Waals surface area contributed by atoms with E-state index >= 15 is 0 Å². The first kappa shape index (κ1) is 17.9. The van der Waals surface area contributed by atoms with E-state index in [1.165, 1.54) is 5.56 Å². The van der Waals surface area contributed by atoms with Gasteiger partial charge in [-0.15, -0.1) is 0 Å². The third kappa shape index (κ3) is 3.85. The molecule has 0 aliphatic rings. The van der Waals surface area contributed by atoms with Gasteiger partial charge in [-0.1, -0.05) is 19.1 Å². The van der Waals surface area contributed by atoms with Crippen LogP contribution in [0.3, 0.4) is 0 Å². The number of hydrogen-bond acceptors (Lipinski definition) is 4. The van der Waals surface area contributed by atoms with E-state index < -0.39 is 0 Å². The second kappa shape index (κ2) is 7.56. The molecule has 3 aromatic rings. The minimum Gasteiger partial charge on any atom is -0.497 e. The molecular weight excluding hydrogens is 328 g/mol. The van der Waals surface area contributed by atoms with Crippen molar-refractivity contribution < 1.29 is 9.53 Å². The van der Waals surface area contributed by atoms with Gasteiger partial charge in [-0.2, -0.15) is 5.10 Å². The van der Waals surface area contributed by atoms with Crippen molar-refractivity contribution in [2.45, 2.75) is 20.3 Å². The Morgan fingerprint density at radius 2 is 2.04 bits per heavy atom. The third-order valence-electron chi connectivity index (χ3n) is 4.52. The van der Waals surface area contributed by atoms with Crippen molar-refractivity contribution in [3.8, 4) is 5.75 Å². The predicted molar refractivity (Wildman–Crippen MR) is 101 cm³/mol. The fourth-order valence-electron chi connectivity index (χ4n) is 3.14. The molecule has 0 saturated carbocycles. The highest BCUT2D eigenvalue weighted by molar-refractivity contribution is 5.97. The Bertz CT molecular complexity index is 902. The zero-order valence-corrected chi connectivity index (χ0v) is 15.6. The molecule has 3 rings (SSSR count). The molecule has 26 heavy (non-hydrogen) atoms. The lowest BCUT2D eigenvalue weighted by atomic mass is 10.0. The molecule has 136 valence electrons. The first-order chi connectivity index (χ1) is 12.5. The number of carbonyl (C=O) groups excluding carboxylic acids is 1. The minimum atomic E-state index is -0.0263. The van der Waals surface area contributed by atoms with E-state index in [-0.39, 0.29) is 5.91 Å². The molecule has 2 aromatic heterocycles. The summed E-state index contributed by atoms with van der Waals surface area (Å²) in [6, 6.07) is 9.91. The highest BCUT2D eigenvalue weighted by Gasteiger charge is 2.17. The molecule has 0 spiro atoms. The zero-order chi connectivity index (χ0) is 18.7. The van der Waals surface area contributed by atoms with Crippen molar-refractivity contribution in [1.82, 2.24) is 20.1 Å². The van der Waals surface area contributed by atoms with Crippen molar-refractivity contribution in [3.05, 3.63) is 53.3 Å². The van der Waals surface area contributed by atoms with Gasteiger partial charge in [0.25, 0.3) is 5.91 Å². The molecule has 0 bridgehead atoms. The second-order valence-electron chi connectivity index (χ2n) is 6.79. The maximum Gasteiger partial charge on any atom is 0.255 e. The number of nitrogens with one attached hydrogen (secondary N) is 1. The number of amides is 1. The molecule has 2 heterocycles. The summed E-state index contributed by atoms with van der Waals surface area (Å²) >= 11 is 0. The van der Waals surface area contributed by atoms with Crippen molar-refractivity contribution in [2.75, 3.05) is 20.7 Å². The fourth-order valence-corrected chi connectivity index (χ4v) is 3.14. The second-order valence-corrected chi connectivity index (χ2v) is 6.79. The number of H-pyrrole nitrogens is 1. The molecule has 0 aliphatic carbocycles. The van der Waals surface area contributed by atoms with Crippen LogP contribution in [0.5, 0.6) is 5.75 Å². The summed E-state index contributed by atoms with van der Waals surface area (Å²) in [5, 5.41) is 7.88. The van der Waals surface area contributed by atoms with Crippen LogP contribution in [0.15, 0.2) is 36.5 Å². The van der Waals surface area contributed by atoms with Crippen LogP contribution >= 0.6 is 0 Å². The van der Waals surface area contributed by atoms with Crippen LogP contribution < -0.4 is 4.74 Å². The summed E-state index contributed by atoms with van der Waals surface area (Å²) in [6.07, 6.45) is 2.50. The Kier molecular flexibility index (Phi) is 5.21. The molecule has 1 N–H and O–H groups in total. The van der Waals surface area contributed by atoms with Gasteiger partial charge in [0.2, 0.25) is 0 Å². The highest BCUT2D eigenvalue weighted by Crippen LogP contribution is 2.18. The van der Waals surface area contributed by atoms with Crippen molar-refractivity contribution >= 4 is 16.9 Å². The first-order valence-corrected chi connectivity index (χ1v) is 8.67. The number of aromatic nitrogens is 3. The average molecular weight is 352 g/mol. The van der Waals surface area contributed by atoms with Crippen LogP contribution in [0.4, 0.5) is 0 Å². The third-order valence-corrected chi connectivity index (χ3v) is 4.52. The van der Waals surface area contributed by atoms with Gasteiger partial charge in [0.1, 0.15) is 5.75 Å². The molecule has 6 nitrogen and oxygen atoms in total. The van der Waals surface area contributed by atoms with E-state index in [9.17, 15) is 4.79 Å². The van der Waals surface area contributed by atoms with Crippen LogP contribution in [-0.2, 0) is 6.42 Å². The molecule has 1 unspecified atom stereocenters. The van der Waals surface area contributed by atoms with Crippen LogP contribution in [-0.4, -0.2) is 46.7 Å². The number of aryl methyl sites for hydroxylation is 1. The minimum absolute atomic E-state index is 0.0263. The zero-order valence-electron chi connectivity index (χ0n) is 15.6. The molecule has 1 aromatic carbocycles. The molecule has 0 fully saturated rings. The predicted octanol–water partition coefficient (Wildman–Crippen LogP) is 3.23. The number of methoxy groups -OCH3 is 1. The summed E-state index contributed by atoms with van der Waals surface area (Å²) < 4.78 is 5.19. The van der Waals surface area contributed by atoms with E-state index in [2.05, 4.69) is 34.2 Å². The van der Waals surface area contributed by atoms with Gasteiger partial charge in [0.15, 0.2) is 5.65 Å². The summed E-state index contributed by atoms with van der Waals surface area (Å²) in [4.78, 5) is 18.8. The van der Waals surface area contributed by atoms with Gasteiger partial charge in [0, 0.05) is 30.9 Å². The van der Waals surface area contributed by atoms with Crippen LogP contribution in [0.25, 0.3) is 11.0 Å². The monoisotopic (exact) mass is 352 g/mol. The van der Waals surface area contributed by atoms with E-state index in [0.717, 1.165) is 23.3 Å². The average Bonchev–Trinajstić information content (AvgIpc) is 3.02. The number of aromatic amines is 1. The molecule has 1 amide bonds. The number of nitrogens with zero attached hydrogens (tertiary/aromatic N) is 3. The van der Waals surface area contributed by atoms with Gasteiger partial charge in [-0.3, -0.25) is 9.89 Å². The largest absolute Gasteiger partial charge is 0.497 e. The van der Waals surface area contributed by atoms with Crippen molar-refractivity contribution in [1.29, 1.82) is 0 Å². The van der Waals surface area contributed by atoms with Gasteiger partial charge in [0.05, 0.1) is 12.7 Å². The van der Waals surface area contributed by atoms with Crippen LogP contribution in [0.1, 0.15) is 28.5 Å². The van der Waals surface area contributed by atoms with Crippen molar-refractivity contribution in [3.63, 3.8) is 0 Å². The Labute approximate surface area is 153 Å². The summed E-state index contributed by atoms with van der Waals surface area (Å²) in [7, 11) is 3.49. The quantitative estimate of drug-likeness (QED) is 0.739. The summed E-state index contributed by atoms with van der Waals surface area (Å²) in [5.74, 6) is 1.16. The SMILES string of the molecule is COc1ccc(CC(C)CN(C)C(=O)c2cnc3n[nH]c(C)c3c2)cc1. The molecule has 1 atom stereocenters. The van der Waals surface area contributed by atoms with Crippen LogP contribution in [0.2, 0.25) is 0 Å². The Morgan fingerprint density at radius 3 is 2.73 bits per heavy atom. The number of ether oxygens (including phenoxy) is 1. The van der Waals surface area contributed by atoms with Gasteiger partial charge < -0.3 is 9.64 Å². The highest BCUT2D eigenvalue weighted by atomic mass is 16.5. The lowest BCUT2D eigenvalue weighted by Crippen LogP contribution is -2.31. The van der Waals surface area contributed by atoms with Gasteiger partial charge in [-0.05, 0) is 43.0 Å². The maximum atomic E-state index is 12.7. The lowest BCUT2D eigenvalue weighted by Gasteiger charge is -2.22. The fraction of sp³-hybridized carbons (Fsp3) is 0.350. The van der Waals surface area contributed by atoms with Crippen LogP contribution in [0, 0.1) is 12.8 Å². The van der Waals surface area contributed by atoms with E-state index in [1.807, 2.05) is 32.2 Å². The van der Waals surface area contributed by atoms with Gasteiger partial charge >= 0.3 is 0 Å². The Morgan fingerprint density at radius 1 is 1.31 bits per heavy atom. The Hall–Kier alpha value is -2.89. The van der Waals surface area contributed by atoms with Gasteiger partial charge in [-0.25, -0.2) is 4.98 Å². The summed E-state index contributed by atoms with van der Waals surface area (Å²) in [6.45, 7) is 4.74. The number of pyridine rings is 1. The molecular formula is C20H24N4O2. The molecule has 0 saturated heterocycles. The number of carbonyl (C=O) groups is 1. The Balaban J connectivity index is 1.64. The lowest BCUT2D eigenvalue weighted by molar-refractivity contribution is 0.0775. The van der Waals surface area contributed by atoms with E-state index in [0.29, 0.717) is 23.7 Å². The number of rotatable bonds is 6.